The minimum Gasteiger partial charge on any atom is -0.497 e. The van der Waals surface area contributed by atoms with Gasteiger partial charge in [-0.2, -0.15) is 5.26 Å². The third-order valence-electron chi connectivity index (χ3n) is 3.94. The van der Waals surface area contributed by atoms with Crippen LogP contribution in [-0.4, -0.2) is 39.8 Å². The zero-order valence-corrected chi connectivity index (χ0v) is 14.6. The van der Waals surface area contributed by atoms with Gasteiger partial charge in [-0.1, -0.05) is 11.8 Å². The summed E-state index contributed by atoms with van der Waals surface area (Å²) in [5.74, 6) is 1.59. The largest absolute Gasteiger partial charge is 0.497 e. The lowest BCUT2D eigenvalue weighted by Gasteiger charge is -2.15. The number of hydrogen-bond acceptors (Lipinski definition) is 6. The average molecular weight is 344 g/mol. The molecule has 1 aliphatic heterocycles. The molecule has 1 fully saturated rings. The van der Waals surface area contributed by atoms with Crippen LogP contribution in [0.2, 0.25) is 0 Å². The van der Waals surface area contributed by atoms with Gasteiger partial charge < -0.3 is 9.47 Å². The minimum atomic E-state index is -0.179. The molecule has 1 aromatic carbocycles. The van der Waals surface area contributed by atoms with Gasteiger partial charge in [-0.15, -0.1) is 10.2 Å². The lowest BCUT2D eigenvalue weighted by atomic mass is 10.2. The standard InChI is InChI=1S/C17H20N4O2S/c1-12(10-18)24-17-20-19-16(13-5-7-14(22-2)8-6-13)21(17)11-15-4-3-9-23-15/h5-8,12,15H,3-4,9,11H2,1-2H3/t12-,15+/m1/s1. The summed E-state index contributed by atoms with van der Waals surface area (Å²) >= 11 is 1.42. The summed E-state index contributed by atoms with van der Waals surface area (Å²) in [6.07, 6.45) is 2.30. The van der Waals surface area contributed by atoms with Gasteiger partial charge in [0.05, 0.1) is 31.1 Å². The van der Waals surface area contributed by atoms with Crippen LogP contribution in [0.5, 0.6) is 5.75 Å². The average Bonchev–Trinajstić information content (AvgIpc) is 3.26. The number of methoxy groups -OCH3 is 1. The molecule has 126 valence electrons. The fourth-order valence-corrected chi connectivity index (χ4v) is 3.42. The fourth-order valence-electron chi connectivity index (χ4n) is 2.67. The van der Waals surface area contributed by atoms with Crippen LogP contribution in [-0.2, 0) is 11.3 Å². The zero-order chi connectivity index (χ0) is 16.9. The second-order valence-corrected chi connectivity index (χ2v) is 6.98. The zero-order valence-electron chi connectivity index (χ0n) is 13.8. The van der Waals surface area contributed by atoms with E-state index in [1.54, 1.807) is 7.11 Å². The molecule has 0 saturated carbocycles. The van der Waals surface area contributed by atoms with Gasteiger partial charge in [-0.3, -0.25) is 4.57 Å². The third kappa shape index (κ3) is 3.71. The van der Waals surface area contributed by atoms with E-state index in [0.29, 0.717) is 6.54 Å². The van der Waals surface area contributed by atoms with Gasteiger partial charge in [-0.05, 0) is 44.0 Å². The van der Waals surface area contributed by atoms with Gasteiger partial charge in [-0.25, -0.2) is 0 Å². The predicted octanol–water partition coefficient (Wildman–Crippen LogP) is 3.14. The quantitative estimate of drug-likeness (QED) is 0.750. The molecule has 1 saturated heterocycles. The van der Waals surface area contributed by atoms with E-state index in [1.165, 1.54) is 11.8 Å². The van der Waals surface area contributed by atoms with E-state index in [1.807, 2.05) is 31.2 Å². The van der Waals surface area contributed by atoms with Crippen LogP contribution < -0.4 is 4.74 Å². The molecule has 0 spiro atoms. The van der Waals surface area contributed by atoms with Crippen molar-refractivity contribution in [2.45, 2.75) is 42.8 Å². The van der Waals surface area contributed by atoms with Gasteiger partial charge in [0.15, 0.2) is 11.0 Å². The Kier molecular flexibility index (Phi) is 5.38. The second kappa shape index (κ2) is 7.69. The first-order chi connectivity index (χ1) is 11.7. The Hall–Kier alpha value is -2.04. The summed E-state index contributed by atoms with van der Waals surface area (Å²) in [5.41, 5.74) is 0.970. The number of aromatic nitrogens is 3. The van der Waals surface area contributed by atoms with E-state index in [2.05, 4.69) is 20.8 Å². The van der Waals surface area contributed by atoms with Crippen molar-refractivity contribution in [3.63, 3.8) is 0 Å². The van der Waals surface area contributed by atoms with E-state index >= 15 is 0 Å². The molecule has 0 N–H and O–H groups in total. The van der Waals surface area contributed by atoms with Gasteiger partial charge in [0.2, 0.25) is 0 Å². The van der Waals surface area contributed by atoms with E-state index in [4.69, 9.17) is 14.7 Å². The van der Waals surface area contributed by atoms with Crippen molar-refractivity contribution in [1.29, 1.82) is 5.26 Å². The first-order valence-corrected chi connectivity index (χ1v) is 8.84. The molecule has 0 amide bonds. The Morgan fingerprint density at radius 2 is 2.21 bits per heavy atom. The highest BCUT2D eigenvalue weighted by Crippen LogP contribution is 2.29. The van der Waals surface area contributed by atoms with Crippen molar-refractivity contribution < 1.29 is 9.47 Å². The Balaban J connectivity index is 1.92. The lowest BCUT2D eigenvalue weighted by Crippen LogP contribution is -2.17. The van der Waals surface area contributed by atoms with Crippen LogP contribution in [0, 0.1) is 11.3 Å². The maximum absolute atomic E-state index is 9.09. The molecule has 0 radical (unpaired) electrons. The van der Waals surface area contributed by atoms with E-state index < -0.39 is 0 Å². The molecule has 7 heteroatoms. The molecule has 2 aromatic rings. The van der Waals surface area contributed by atoms with Gasteiger partial charge in [0.25, 0.3) is 0 Å². The molecule has 2 heterocycles. The fraction of sp³-hybridized carbons (Fsp3) is 0.471. The second-order valence-electron chi connectivity index (χ2n) is 5.67. The van der Waals surface area contributed by atoms with Gasteiger partial charge >= 0.3 is 0 Å². The summed E-state index contributed by atoms with van der Waals surface area (Å²) in [4.78, 5) is 0. The maximum Gasteiger partial charge on any atom is 0.192 e. The highest BCUT2D eigenvalue weighted by Gasteiger charge is 2.22. The van der Waals surface area contributed by atoms with Crippen LogP contribution in [0.25, 0.3) is 11.4 Å². The number of benzene rings is 1. The highest BCUT2D eigenvalue weighted by molar-refractivity contribution is 8.00. The Morgan fingerprint density at radius 1 is 1.42 bits per heavy atom. The topological polar surface area (TPSA) is 73.0 Å². The molecular weight excluding hydrogens is 324 g/mol. The predicted molar refractivity (Wildman–Crippen MR) is 91.9 cm³/mol. The van der Waals surface area contributed by atoms with Crippen LogP contribution >= 0.6 is 11.8 Å². The normalized spacial score (nSPS) is 18.3. The Bertz CT molecular complexity index is 717. The van der Waals surface area contributed by atoms with Crippen molar-refractivity contribution in [1.82, 2.24) is 14.8 Å². The maximum atomic E-state index is 9.09. The van der Waals surface area contributed by atoms with Crippen LogP contribution in [0.15, 0.2) is 29.4 Å². The highest BCUT2D eigenvalue weighted by atomic mass is 32.2. The summed E-state index contributed by atoms with van der Waals surface area (Å²) in [6.45, 7) is 3.37. The number of ether oxygens (including phenoxy) is 2. The Labute approximate surface area is 145 Å². The first-order valence-electron chi connectivity index (χ1n) is 7.96. The molecule has 1 aliphatic rings. The van der Waals surface area contributed by atoms with E-state index in [9.17, 15) is 0 Å². The SMILES string of the molecule is COc1ccc(-c2nnc(S[C@H](C)C#N)n2C[C@@H]2CCCO2)cc1. The van der Waals surface area contributed by atoms with Crippen molar-refractivity contribution in [3.8, 4) is 23.2 Å². The molecule has 1 aromatic heterocycles. The first kappa shape index (κ1) is 16.8. The van der Waals surface area contributed by atoms with Crippen LogP contribution in [0.4, 0.5) is 0 Å². The summed E-state index contributed by atoms with van der Waals surface area (Å²) in [6, 6.07) is 9.99. The van der Waals surface area contributed by atoms with E-state index in [0.717, 1.165) is 41.7 Å². The molecule has 3 rings (SSSR count). The van der Waals surface area contributed by atoms with Crippen molar-refractivity contribution in [3.05, 3.63) is 24.3 Å². The van der Waals surface area contributed by atoms with Crippen LogP contribution in [0.1, 0.15) is 19.8 Å². The van der Waals surface area contributed by atoms with Crippen molar-refractivity contribution in [2.24, 2.45) is 0 Å². The van der Waals surface area contributed by atoms with Gasteiger partial charge in [0.1, 0.15) is 5.75 Å². The number of hydrogen-bond donors (Lipinski definition) is 0. The number of rotatable bonds is 6. The monoisotopic (exact) mass is 344 g/mol. The molecule has 6 nitrogen and oxygen atoms in total. The number of nitriles is 1. The van der Waals surface area contributed by atoms with Crippen molar-refractivity contribution >= 4 is 11.8 Å². The third-order valence-corrected chi connectivity index (χ3v) is 4.91. The van der Waals surface area contributed by atoms with E-state index in [-0.39, 0.29) is 11.4 Å². The van der Waals surface area contributed by atoms with Crippen molar-refractivity contribution in [2.75, 3.05) is 13.7 Å². The molecule has 0 bridgehead atoms. The molecule has 0 unspecified atom stereocenters. The smallest absolute Gasteiger partial charge is 0.192 e. The summed E-state index contributed by atoms with van der Waals surface area (Å²) < 4.78 is 13.0. The number of nitrogens with zero attached hydrogens (tertiary/aromatic N) is 4. The molecule has 2 atom stereocenters. The Morgan fingerprint density at radius 3 is 2.83 bits per heavy atom. The molecule has 24 heavy (non-hydrogen) atoms. The molecule has 0 aliphatic carbocycles. The number of thioether (sulfide) groups is 1. The minimum absolute atomic E-state index is 0.176. The van der Waals surface area contributed by atoms with Crippen LogP contribution in [0.3, 0.4) is 0 Å². The summed E-state index contributed by atoms with van der Waals surface area (Å²) in [5, 5.41) is 18.3. The molecular formula is C17H20N4O2S. The van der Waals surface area contributed by atoms with Gasteiger partial charge in [0, 0.05) is 12.2 Å². The lowest BCUT2D eigenvalue weighted by molar-refractivity contribution is 0.0953. The summed E-state index contributed by atoms with van der Waals surface area (Å²) in [7, 11) is 1.65.